The highest BCUT2D eigenvalue weighted by Crippen LogP contribution is 2.24. The molecular weight excluding hydrogens is 418 g/mol. The van der Waals surface area contributed by atoms with Crippen molar-refractivity contribution in [3.8, 4) is 17.6 Å². The van der Waals surface area contributed by atoms with Gasteiger partial charge in [-0.2, -0.15) is 5.26 Å². The second-order valence-electron chi connectivity index (χ2n) is 7.25. The number of furan rings is 1. The Morgan fingerprint density at radius 1 is 1.12 bits per heavy atom. The number of methoxy groups -OCH3 is 1. The summed E-state index contributed by atoms with van der Waals surface area (Å²) in [6.07, 6.45) is 5.08. The van der Waals surface area contributed by atoms with Crippen molar-refractivity contribution in [2.75, 3.05) is 13.7 Å². The minimum atomic E-state index is -0.450. The third kappa shape index (κ3) is 5.25. The van der Waals surface area contributed by atoms with E-state index >= 15 is 0 Å². The minimum Gasteiger partial charge on any atom is -0.497 e. The molecule has 0 aliphatic carbocycles. The number of nitrogens with zero attached hydrogens (tertiary/aromatic N) is 2. The van der Waals surface area contributed by atoms with Crippen molar-refractivity contribution in [1.29, 1.82) is 5.26 Å². The number of aromatic nitrogens is 1. The predicted octanol–water partition coefficient (Wildman–Crippen LogP) is 4.55. The van der Waals surface area contributed by atoms with Crippen LogP contribution in [0, 0.1) is 11.3 Å². The molecule has 2 aromatic heterocycles. The highest BCUT2D eigenvalue weighted by Gasteiger charge is 2.13. The third-order valence-electron chi connectivity index (χ3n) is 5.15. The topological polar surface area (TPSA) is 89.4 Å². The summed E-state index contributed by atoms with van der Waals surface area (Å²) in [4.78, 5) is 12.5. The lowest BCUT2D eigenvalue weighted by atomic mass is 10.1. The molecule has 0 atom stereocenters. The molecule has 7 nitrogen and oxygen atoms in total. The monoisotopic (exact) mass is 441 g/mol. The number of hydrogen-bond acceptors (Lipinski definition) is 5. The van der Waals surface area contributed by atoms with Gasteiger partial charge < -0.3 is 23.8 Å². The van der Waals surface area contributed by atoms with Crippen LogP contribution in [-0.2, 0) is 17.9 Å². The number of nitriles is 1. The van der Waals surface area contributed by atoms with E-state index in [9.17, 15) is 10.1 Å². The van der Waals surface area contributed by atoms with Crippen molar-refractivity contribution in [3.05, 3.63) is 90.0 Å². The Balaban J connectivity index is 1.49. The van der Waals surface area contributed by atoms with E-state index in [-0.39, 0.29) is 12.1 Å². The van der Waals surface area contributed by atoms with Gasteiger partial charge in [0.1, 0.15) is 35.5 Å². The Labute approximate surface area is 191 Å². The Hall–Kier alpha value is -4.44. The number of amides is 1. The number of carbonyl (C=O) groups excluding carboxylic acids is 1. The van der Waals surface area contributed by atoms with Crippen LogP contribution in [0.4, 0.5) is 0 Å². The van der Waals surface area contributed by atoms with Crippen molar-refractivity contribution in [3.63, 3.8) is 0 Å². The van der Waals surface area contributed by atoms with Crippen LogP contribution in [0.25, 0.3) is 17.0 Å². The van der Waals surface area contributed by atoms with Gasteiger partial charge in [0.25, 0.3) is 5.91 Å². The summed E-state index contributed by atoms with van der Waals surface area (Å²) in [6.45, 7) is 1.28. The maximum Gasteiger partial charge on any atom is 0.262 e. The summed E-state index contributed by atoms with van der Waals surface area (Å²) >= 11 is 0. The van der Waals surface area contributed by atoms with Gasteiger partial charge in [0, 0.05) is 22.7 Å². The smallest absolute Gasteiger partial charge is 0.262 e. The summed E-state index contributed by atoms with van der Waals surface area (Å²) in [7, 11) is 1.62. The standard InChI is InChI=1S/C26H23N3O4/c1-31-21-8-10-22(11-9-21)33-14-12-29-18-20(24-6-2-3-7-25(24)29)15-19(16-27)26(30)28-17-23-5-4-13-32-23/h2-11,13,15,18H,12,14,17H2,1H3,(H,28,30)/b19-15+. The quantitative estimate of drug-likeness (QED) is 0.304. The fourth-order valence-corrected chi connectivity index (χ4v) is 3.49. The molecule has 1 amide bonds. The molecule has 0 aliphatic rings. The lowest BCUT2D eigenvalue weighted by Crippen LogP contribution is -2.23. The van der Waals surface area contributed by atoms with E-state index in [1.165, 1.54) is 6.26 Å². The summed E-state index contributed by atoms with van der Waals surface area (Å²) < 4.78 is 18.3. The molecule has 0 saturated carbocycles. The zero-order valence-corrected chi connectivity index (χ0v) is 18.2. The molecule has 2 aromatic carbocycles. The average Bonchev–Trinajstić information content (AvgIpc) is 3.50. The number of fused-ring (bicyclic) bond motifs is 1. The highest BCUT2D eigenvalue weighted by atomic mass is 16.5. The summed E-state index contributed by atoms with van der Waals surface area (Å²) in [5.74, 6) is 1.70. The fraction of sp³-hybridized carbons (Fsp3) is 0.154. The zero-order chi connectivity index (χ0) is 23.0. The molecule has 0 unspecified atom stereocenters. The lowest BCUT2D eigenvalue weighted by Gasteiger charge is -2.09. The maximum atomic E-state index is 12.5. The fourth-order valence-electron chi connectivity index (χ4n) is 3.49. The minimum absolute atomic E-state index is 0.0268. The second kappa shape index (κ2) is 10.2. The summed E-state index contributed by atoms with van der Waals surface area (Å²) in [6, 6.07) is 20.8. The van der Waals surface area contributed by atoms with Crippen LogP contribution in [0.5, 0.6) is 11.5 Å². The van der Waals surface area contributed by atoms with E-state index in [1.54, 1.807) is 25.3 Å². The first-order valence-electron chi connectivity index (χ1n) is 10.4. The molecule has 0 spiro atoms. The summed E-state index contributed by atoms with van der Waals surface area (Å²) in [5, 5.41) is 13.2. The molecule has 33 heavy (non-hydrogen) atoms. The van der Waals surface area contributed by atoms with Gasteiger partial charge >= 0.3 is 0 Å². The van der Waals surface area contributed by atoms with Gasteiger partial charge in [-0.05, 0) is 48.5 Å². The lowest BCUT2D eigenvalue weighted by molar-refractivity contribution is -0.117. The van der Waals surface area contributed by atoms with Gasteiger partial charge in [-0.25, -0.2) is 0 Å². The first-order valence-corrected chi connectivity index (χ1v) is 10.4. The number of hydrogen-bond donors (Lipinski definition) is 1. The van der Waals surface area contributed by atoms with Crippen molar-refractivity contribution in [2.24, 2.45) is 0 Å². The number of carbonyl (C=O) groups is 1. The average molecular weight is 441 g/mol. The van der Waals surface area contributed by atoms with Crippen molar-refractivity contribution in [1.82, 2.24) is 9.88 Å². The number of benzene rings is 2. The predicted molar refractivity (Wildman–Crippen MR) is 125 cm³/mol. The van der Waals surface area contributed by atoms with E-state index in [0.29, 0.717) is 18.9 Å². The Morgan fingerprint density at radius 2 is 1.91 bits per heavy atom. The molecule has 2 heterocycles. The van der Waals surface area contributed by atoms with E-state index in [0.717, 1.165) is 28.0 Å². The second-order valence-corrected chi connectivity index (χ2v) is 7.25. The van der Waals surface area contributed by atoms with Gasteiger partial charge in [0.2, 0.25) is 0 Å². The Morgan fingerprint density at radius 3 is 2.64 bits per heavy atom. The van der Waals surface area contributed by atoms with Gasteiger partial charge in [-0.15, -0.1) is 0 Å². The molecular formula is C26H23N3O4. The third-order valence-corrected chi connectivity index (χ3v) is 5.15. The van der Waals surface area contributed by atoms with Gasteiger partial charge in [0.05, 0.1) is 26.5 Å². The molecule has 1 N–H and O–H groups in total. The van der Waals surface area contributed by atoms with Crippen molar-refractivity contribution in [2.45, 2.75) is 13.1 Å². The van der Waals surface area contributed by atoms with E-state index in [2.05, 4.69) is 9.88 Å². The molecule has 166 valence electrons. The molecule has 4 aromatic rings. The maximum absolute atomic E-state index is 12.5. The molecule has 0 radical (unpaired) electrons. The van der Waals surface area contributed by atoms with Crippen LogP contribution in [0.1, 0.15) is 11.3 Å². The van der Waals surface area contributed by atoms with E-state index in [1.807, 2.05) is 60.8 Å². The number of rotatable bonds is 9. The largest absolute Gasteiger partial charge is 0.497 e. The van der Waals surface area contributed by atoms with Gasteiger partial charge in [0.15, 0.2) is 0 Å². The van der Waals surface area contributed by atoms with E-state index < -0.39 is 5.91 Å². The Kier molecular flexibility index (Phi) is 6.76. The molecule has 0 fully saturated rings. The van der Waals surface area contributed by atoms with E-state index in [4.69, 9.17) is 13.9 Å². The van der Waals surface area contributed by atoms with Crippen LogP contribution >= 0.6 is 0 Å². The van der Waals surface area contributed by atoms with Crippen LogP contribution in [0.3, 0.4) is 0 Å². The van der Waals surface area contributed by atoms with Crippen LogP contribution in [0.15, 0.2) is 83.1 Å². The van der Waals surface area contributed by atoms with Gasteiger partial charge in [-0.1, -0.05) is 18.2 Å². The van der Waals surface area contributed by atoms with Crippen LogP contribution in [0.2, 0.25) is 0 Å². The SMILES string of the molecule is COc1ccc(OCCn2cc(/C=C(\C#N)C(=O)NCc3ccco3)c3ccccc32)cc1. The molecule has 7 heteroatoms. The normalized spacial score (nSPS) is 11.2. The van der Waals surface area contributed by atoms with Crippen LogP contribution < -0.4 is 14.8 Å². The summed E-state index contributed by atoms with van der Waals surface area (Å²) in [5.41, 5.74) is 1.81. The molecule has 0 saturated heterocycles. The first-order chi connectivity index (χ1) is 16.2. The molecule has 0 aliphatic heterocycles. The number of para-hydroxylation sites is 1. The van der Waals surface area contributed by atoms with Crippen molar-refractivity contribution >= 4 is 22.9 Å². The number of nitrogens with one attached hydrogen (secondary N) is 1. The highest BCUT2D eigenvalue weighted by molar-refractivity contribution is 6.04. The Bertz CT molecular complexity index is 1300. The number of ether oxygens (including phenoxy) is 2. The zero-order valence-electron chi connectivity index (χ0n) is 18.2. The van der Waals surface area contributed by atoms with Crippen molar-refractivity contribution < 1.29 is 18.7 Å². The van der Waals surface area contributed by atoms with Gasteiger partial charge in [-0.3, -0.25) is 4.79 Å². The molecule has 0 bridgehead atoms. The first kappa shape index (κ1) is 21.8. The van der Waals surface area contributed by atoms with Crippen LogP contribution in [-0.4, -0.2) is 24.2 Å². The molecule has 4 rings (SSSR count).